The number of para-hydroxylation sites is 1. The maximum Gasteiger partial charge on any atom is 0.217 e. The molecule has 1 aromatic heterocycles. The minimum absolute atomic E-state index is 0.794. The van der Waals surface area contributed by atoms with E-state index in [1.165, 1.54) is 5.56 Å². The largest absolute Gasteiger partial charge is 0.726 e. The Morgan fingerprint density at radius 2 is 1.58 bits per heavy atom. The predicted octanol–water partition coefficient (Wildman–Crippen LogP) is 3.08. The highest BCUT2D eigenvalue weighted by molar-refractivity contribution is 7.80. The van der Waals surface area contributed by atoms with Crippen LogP contribution in [0.2, 0.25) is 5.02 Å². The van der Waals surface area contributed by atoms with Gasteiger partial charge in [-0.05, 0) is 18.2 Å². The molecule has 24 heavy (non-hydrogen) atoms. The van der Waals surface area contributed by atoms with Gasteiger partial charge in [-0.1, -0.05) is 41.9 Å². The molecule has 0 fully saturated rings. The number of fused-ring (bicyclic) bond motifs is 1. The number of benzene rings is 2. The fraction of sp³-hybridized carbons (Fsp3) is 0.118. The molecule has 0 amide bonds. The molecule has 0 spiro atoms. The Bertz CT molecular complexity index is 943. The smallest absolute Gasteiger partial charge is 0.217 e. The van der Waals surface area contributed by atoms with Crippen molar-refractivity contribution in [3.63, 3.8) is 0 Å². The second-order valence-electron chi connectivity index (χ2n) is 4.89. The van der Waals surface area contributed by atoms with Gasteiger partial charge in [-0.3, -0.25) is 4.18 Å². The predicted molar refractivity (Wildman–Crippen MR) is 92.3 cm³/mol. The number of aromatic nitrogens is 1. The topological polar surface area (TPSA) is 70.3 Å². The molecule has 2 aromatic carbocycles. The molecule has 0 bridgehead atoms. The second-order valence-corrected chi connectivity index (χ2v) is 6.45. The van der Waals surface area contributed by atoms with Crippen molar-refractivity contribution >= 4 is 32.9 Å². The fourth-order valence-corrected chi connectivity index (χ4v) is 2.54. The Kier molecular flexibility index (Phi) is 5.90. The van der Waals surface area contributed by atoms with Crippen LogP contribution in [-0.2, 0) is 21.6 Å². The van der Waals surface area contributed by atoms with E-state index in [0.29, 0.717) is 0 Å². The van der Waals surface area contributed by atoms with E-state index >= 15 is 0 Å². The number of hydrogen-bond acceptors (Lipinski definition) is 4. The van der Waals surface area contributed by atoms with Crippen molar-refractivity contribution in [3.8, 4) is 11.3 Å². The molecule has 0 aliphatic rings. The normalized spacial score (nSPS) is 11.0. The highest BCUT2D eigenvalue weighted by Crippen LogP contribution is 2.26. The molecule has 0 saturated carbocycles. The minimum atomic E-state index is -4.41. The van der Waals surface area contributed by atoms with E-state index in [0.717, 1.165) is 28.7 Å². The van der Waals surface area contributed by atoms with E-state index in [1.54, 1.807) is 0 Å². The summed E-state index contributed by atoms with van der Waals surface area (Å²) in [7, 11) is -1.53. The molecule has 1 heterocycles. The summed E-state index contributed by atoms with van der Waals surface area (Å²) in [4.78, 5) is 0. The molecule has 0 radical (unpaired) electrons. The summed E-state index contributed by atoms with van der Waals surface area (Å²) in [6, 6.07) is 20.5. The van der Waals surface area contributed by atoms with Crippen LogP contribution in [0.5, 0.6) is 0 Å². The van der Waals surface area contributed by atoms with Gasteiger partial charge in [0.05, 0.1) is 17.5 Å². The van der Waals surface area contributed by atoms with Gasteiger partial charge in [0.1, 0.15) is 7.05 Å². The van der Waals surface area contributed by atoms with Crippen LogP contribution in [0.15, 0.2) is 60.7 Å². The maximum absolute atomic E-state index is 9.22. The Morgan fingerprint density at radius 3 is 2.17 bits per heavy atom. The highest BCUT2D eigenvalue weighted by atomic mass is 35.5. The zero-order valence-electron chi connectivity index (χ0n) is 13.1. The third-order valence-corrected chi connectivity index (χ3v) is 4.14. The summed E-state index contributed by atoms with van der Waals surface area (Å²) >= 11 is 6.37. The molecule has 0 N–H and O–H groups in total. The quantitative estimate of drug-likeness (QED) is 0.397. The second kappa shape index (κ2) is 7.72. The summed E-state index contributed by atoms with van der Waals surface area (Å²) in [5, 5.41) is 1.88. The van der Waals surface area contributed by atoms with Crippen molar-refractivity contribution in [2.45, 2.75) is 0 Å². The Morgan fingerprint density at radius 1 is 1.04 bits per heavy atom. The van der Waals surface area contributed by atoms with Gasteiger partial charge in [0.2, 0.25) is 21.6 Å². The number of hydrogen-bond donors (Lipinski definition) is 0. The van der Waals surface area contributed by atoms with Crippen LogP contribution in [-0.4, -0.2) is 20.1 Å². The van der Waals surface area contributed by atoms with Crippen molar-refractivity contribution in [1.82, 2.24) is 0 Å². The molecule has 0 unspecified atom stereocenters. The monoisotopic (exact) mass is 365 g/mol. The third kappa shape index (κ3) is 4.52. The SMILES string of the molecule is COS(=O)(=O)[O-].C[n+]1c(-c2ccccc2)cc(Cl)c2ccccc21. The van der Waals surface area contributed by atoms with Gasteiger partial charge in [0.15, 0.2) is 0 Å². The molecule has 0 atom stereocenters. The first-order valence-electron chi connectivity index (χ1n) is 6.97. The number of halogens is 1. The molecule has 0 aliphatic heterocycles. The van der Waals surface area contributed by atoms with Crippen molar-refractivity contribution in [2.75, 3.05) is 7.11 Å². The number of aryl methyl sites for hydroxylation is 1. The molecule has 7 heteroatoms. The highest BCUT2D eigenvalue weighted by Gasteiger charge is 2.16. The van der Waals surface area contributed by atoms with E-state index in [-0.39, 0.29) is 0 Å². The molecule has 3 rings (SSSR count). The van der Waals surface area contributed by atoms with Gasteiger partial charge < -0.3 is 4.55 Å². The standard InChI is InChI=1S/C16H13ClN.CH4O4S/c1-18-15-10-6-5-9-13(15)14(17)11-16(18)12-7-3-2-4-8-12;1-5-6(2,3)4/h2-11H,1H3;1H3,(H,2,3,4)/q+1;/p-1. The average molecular weight is 366 g/mol. The van der Waals surface area contributed by atoms with E-state index in [9.17, 15) is 13.0 Å². The molecule has 0 saturated heterocycles. The fourth-order valence-electron chi connectivity index (χ4n) is 2.28. The van der Waals surface area contributed by atoms with Gasteiger partial charge in [0, 0.05) is 17.7 Å². The van der Waals surface area contributed by atoms with E-state index < -0.39 is 10.4 Å². The molecular formula is C17H16ClNO4S. The summed E-state index contributed by atoms with van der Waals surface area (Å²) < 4.78 is 33.2. The lowest BCUT2D eigenvalue weighted by molar-refractivity contribution is -0.633. The van der Waals surface area contributed by atoms with Gasteiger partial charge in [-0.25, -0.2) is 8.42 Å². The van der Waals surface area contributed by atoms with Crippen LogP contribution < -0.4 is 4.57 Å². The third-order valence-electron chi connectivity index (χ3n) is 3.42. The van der Waals surface area contributed by atoms with Crippen molar-refractivity contribution in [3.05, 3.63) is 65.7 Å². The van der Waals surface area contributed by atoms with Crippen LogP contribution >= 0.6 is 11.6 Å². The number of nitrogens with zero attached hydrogens (tertiary/aromatic N) is 1. The summed E-state index contributed by atoms with van der Waals surface area (Å²) in [6.45, 7) is 0. The van der Waals surface area contributed by atoms with Crippen LogP contribution in [0.1, 0.15) is 0 Å². The first-order chi connectivity index (χ1) is 11.3. The Labute approximate surface area is 146 Å². The molecular weight excluding hydrogens is 350 g/mol. The Balaban J connectivity index is 0.000000301. The van der Waals surface area contributed by atoms with Crippen molar-refractivity contribution in [1.29, 1.82) is 0 Å². The van der Waals surface area contributed by atoms with E-state index in [1.807, 2.05) is 42.5 Å². The van der Waals surface area contributed by atoms with Crippen molar-refractivity contribution in [2.24, 2.45) is 7.05 Å². The summed E-state index contributed by atoms with van der Waals surface area (Å²) in [6.07, 6.45) is 0. The van der Waals surface area contributed by atoms with Gasteiger partial charge in [-0.15, -0.1) is 0 Å². The van der Waals surface area contributed by atoms with Crippen molar-refractivity contribution < 1.29 is 21.7 Å². The lowest BCUT2D eigenvalue weighted by atomic mass is 10.1. The zero-order chi connectivity index (χ0) is 17.7. The lowest BCUT2D eigenvalue weighted by Gasteiger charge is -2.05. The van der Waals surface area contributed by atoms with Gasteiger partial charge >= 0.3 is 0 Å². The zero-order valence-corrected chi connectivity index (χ0v) is 14.7. The van der Waals surface area contributed by atoms with Crippen LogP contribution in [0.4, 0.5) is 0 Å². The maximum atomic E-state index is 9.22. The molecule has 3 aromatic rings. The molecule has 0 aliphatic carbocycles. The van der Waals surface area contributed by atoms with Crippen LogP contribution in [0.3, 0.4) is 0 Å². The number of pyridine rings is 1. The first kappa shape index (κ1) is 18.4. The summed E-state index contributed by atoms with van der Waals surface area (Å²) in [5.74, 6) is 0. The van der Waals surface area contributed by atoms with E-state index in [4.69, 9.17) is 11.6 Å². The van der Waals surface area contributed by atoms with Gasteiger partial charge in [0.25, 0.3) is 0 Å². The average Bonchev–Trinajstić information content (AvgIpc) is 2.59. The lowest BCUT2D eigenvalue weighted by Crippen LogP contribution is -2.32. The van der Waals surface area contributed by atoms with Crippen LogP contribution in [0.25, 0.3) is 22.2 Å². The number of rotatable bonds is 2. The molecule has 126 valence electrons. The summed E-state index contributed by atoms with van der Waals surface area (Å²) in [5.41, 5.74) is 3.44. The van der Waals surface area contributed by atoms with Crippen LogP contribution in [0, 0.1) is 0 Å². The Hall–Kier alpha value is -1.99. The first-order valence-corrected chi connectivity index (χ1v) is 8.69. The minimum Gasteiger partial charge on any atom is -0.726 e. The van der Waals surface area contributed by atoms with E-state index in [2.05, 4.69) is 34.0 Å². The molecule has 5 nitrogen and oxygen atoms in total. The van der Waals surface area contributed by atoms with Gasteiger partial charge in [-0.2, -0.15) is 4.57 Å².